The number of methoxy groups -OCH3 is 1. The third kappa shape index (κ3) is 33.8. The lowest BCUT2D eigenvalue weighted by atomic mass is 10.1. The van der Waals surface area contributed by atoms with Crippen molar-refractivity contribution >= 4 is 5.97 Å². The van der Waals surface area contributed by atoms with E-state index in [1.807, 2.05) is 6.08 Å². The van der Waals surface area contributed by atoms with E-state index in [9.17, 15) is 4.79 Å². The van der Waals surface area contributed by atoms with Gasteiger partial charge in [-0.05, 0) is 44.9 Å². The average Bonchev–Trinajstić information content (AvgIpc) is 2.79. The molecule has 31 heavy (non-hydrogen) atoms. The monoisotopic (exact) mass is 436 g/mol. The van der Waals surface area contributed by atoms with Crippen LogP contribution in [0.2, 0.25) is 0 Å². The number of rotatable bonds is 22. The van der Waals surface area contributed by atoms with E-state index in [0.717, 1.165) is 12.8 Å². The summed E-state index contributed by atoms with van der Waals surface area (Å²) < 4.78 is 4.62. The second kappa shape index (κ2) is 31.1. The van der Waals surface area contributed by atoms with Gasteiger partial charge in [-0.3, -0.25) is 4.79 Å². The van der Waals surface area contributed by atoms with Gasteiger partial charge in [-0.2, -0.15) is 0 Å². The van der Waals surface area contributed by atoms with Crippen LogP contribution in [0.25, 0.3) is 0 Å². The van der Waals surface area contributed by atoms with Gasteiger partial charge in [0.25, 0.3) is 0 Å². The van der Waals surface area contributed by atoms with Gasteiger partial charge in [-0.25, -0.2) is 0 Å². The van der Waals surface area contributed by atoms with E-state index in [1.165, 1.54) is 123 Å². The molecule has 0 amide bonds. The normalized spacial score (nSPS) is 10.7. The largest absolute Gasteiger partial charge is 0.469 e. The summed E-state index contributed by atoms with van der Waals surface area (Å²) in [5.41, 5.74) is 0. The summed E-state index contributed by atoms with van der Waals surface area (Å²) in [6.07, 6.45) is 33.5. The molecule has 0 saturated carbocycles. The molecule has 0 aliphatic rings. The molecule has 0 saturated heterocycles. The Bertz CT molecular complexity index is 373. The van der Waals surface area contributed by atoms with Crippen LogP contribution >= 0.6 is 0 Å². The molecule has 0 aliphatic heterocycles. The van der Waals surface area contributed by atoms with Crippen LogP contribution in [-0.2, 0) is 9.53 Å². The zero-order valence-electron chi connectivity index (χ0n) is 21.6. The highest BCUT2D eigenvalue weighted by Crippen LogP contribution is 2.10. The number of allylic oxidation sites excluding steroid dienone is 3. The first-order valence-electron chi connectivity index (χ1n) is 13.6. The van der Waals surface area contributed by atoms with Crippen LogP contribution in [0.15, 0.2) is 24.8 Å². The lowest BCUT2D eigenvalue weighted by Gasteiger charge is -2.00. The quantitative estimate of drug-likeness (QED) is 0.0958. The van der Waals surface area contributed by atoms with E-state index in [4.69, 9.17) is 0 Å². The fraction of sp³-hybridized carbons (Fsp3) is 0.828. The maximum atomic E-state index is 10.9. The number of unbranched alkanes of at least 4 members (excludes halogenated alkanes) is 17. The summed E-state index contributed by atoms with van der Waals surface area (Å²) in [5, 5.41) is 0. The molecule has 0 aromatic heterocycles. The van der Waals surface area contributed by atoms with E-state index in [1.54, 1.807) is 0 Å². The highest BCUT2D eigenvalue weighted by Gasteiger charge is 1.98. The fourth-order valence-electron chi connectivity index (χ4n) is 3.51. The van der Waals surface area contributed by atoms with E-state index in [-0.39, 0.29) is 5.97 Å². The summed E-state index contributed by atoms with van der Waals surface area (Å²) in [4.78, 5) is 10.9. The van der Waals surface area contributed by atoms with Crippen LogP contribution in [-0.4, -0.2) is 13.1 Å². The molecule has 184 valence electrons. The van der Waals surface area contributed by atoms with Crippen molar-refractivity contribution in [3.8, 4) is 0 Å². The Kier molecular flexibility index (Phi) is 32.3. The van der Waals surface area contributed by atoms with Gasteiger partial charge < -0.3 is 4.74 Å². The number of esters is 1. The molecular weight excluding hydrogens is 380 g/mol. The Morgan fingerprint density at radius 1 is 0.613 bits per heavy atom. The van der Waals surface area contributed by atoms with Gasteiger partial charge in [0, 0.05) is 6.42 Å². The van der Waals surface area contributed by atoms with Gasteiger partial charge in [-0.15, -0.1) is 6.58 Å². The number of carbonyl (C=O) groups excluding carboxylic acids is 1. The molecule has 0 radical (unpaired) electrons. The van der Waals surface area contributed by atoms with Gasteiger partial charge >= 0.3 is 5.97 Å². The molecule has 0 aromatic carbocycles. The lowest BCUT2D eigenvalue weighted by Crippen LogP contribution is -1.98. The van der Waals surface area contributed by atoms with Crippen LogP contribution in [0.1, 0.15) is 149 Å². The molecule has 2 heteroatoms. The summed E-state index contributed by atoms with van der Waals surface area (Å²) in [6.45, 7) is 8.21. The van der Waals surface area contributed by atoms with Crippen LogP contribution in [0.4, 0.5) is 0 Å². The van der Waals surface area contributed by atoms with Crippen molar-refractivity contribution in [3.05, 3.63) is 24.8 Å². The highest BCUT2D eigenvalue weighted by molar-refractivity contribution is 5.68. The van der Waals surface area contributed by atoms with Crippen molar-refractivity contribution in [3.63, 3.8) is 0 Å². The topological polar surface area (TPSA) is 26.3 Å². The van der Waals surface area contributed by atoms with Crippen molar-refractivity contribution in [2.24, 2.45) is 0 Å². The molecule has 2 nitrogen and oxygen atoms in total. The third-order valence-electron chi connectivity index (χ3n) is 5.63. The zero-order chi connectivity index (χ0) is 23.3. The fourth-order valence-corrected chi connectivity index (χ4v) is 3.51. The molecule has 0 fully saturated rings. The van der Waals surface area contributed by atoms with E-state index >= 15 is 0 Å². The molecule has 0 bridgehead atoms. The third-order valence-corrected chi connectivity index (χ3v) is 5.63. The van der Waals surface area contributed by atoms with Gasteiger partial charge in [0.2, 0.25) is 0 Å². The Hall–Kier alpha value is -1.05. The Morgan fingerprint density at radius 3 is 1.42 bits per heavy atom. The first-order chi connectivity index (χ1) is 15.2. The van der Waals surface area contributed by atoms with E-state index in [0.29, 0.717) is 6.42 Å². The van der Waals surface area contributed by atoms with E-state index < -0.39 is 0 Å². The molecule has 0 aromatic rings. The molecular formula is C29H56O2. The average molecular weight is 437 g/mol. The summed E-state index contributed by atoms with van der Waals surface area (Å²) in [7, 11) is 1.46. The van der Waals surface area contributed by atoms with Gasteiger partial charge in [0.15, 0.2) is 0 Å². The molecule has 0 atom stereocenters. The zero-order valence-corrected chi connectivity index (χ0v) is 21.6. The van der Waals surface area contributed by atoms with Crippen LogP contribution in [0, 0.1) is 0 Å². The number of carbonyl (C=O) groups is 1. The summed E-state index contributed by atoms with van der Waals surface area (Å²) in [6, 6.07) is 0. The van der Waals surface area contributed by atoms with Crippen molar-refractivity contribution in [1.29, 1.82) is 0 Å². The van der Waals surface area contributed by atoms with Crippen molar-refractivity contribution in [2.45, 2.75) is 149 Å². The summed E-state index contributed by atoms with van der Waals surface area (Å²) >= 11 is 0. The van der Waals surface area contributed by atoms with Crippen molar-refractivity contribution in [2.75, 3.05) is 7.11 Å². The smallest absolute Gasteiger partial charge is 0.305 e. The van der Waals surface area contributed by atoms with Crippen molar-refractivity contribution < 1.29 is 9.53 Å². The molecule has 0 N–H and O–H groups in total. The maximum absolute atomic E-state index is 10.9. The Labute approximate surface area is 196 Å². The van der Waals surface area contributed by atoms with Gasteiger partial charge in [-0.1, -0.05) is 116 Å². The Morgan fingerprint density at radius 2 is 1.00 bits per heavy atom. The minimum Gasteiger partial charge on any atom is -0.469 e. The number of ether oxygens (including phenoxy) is 1. The van der Waals surface area contributed by atoms with Gasteiger partial charge in [0.05, 0.1) is 7.11 Å². The van der Waals surface area contributed by atoms with Crippen LogP contribution in [0.5, 0.6) is 0 Å². The molecule has 0 unspecified atom stereocenters. The predicted molar refractivity (Wildman–Crippen MR) is 140 cm³/mol. The summed E-state index contributed by atoms with van der Waals surface area (Å²) in [5.74, 6) is -0.0763. The first-order valence-corrected chi connectivity index (χ1v) is 13.6. The lowest BCUT2D eigenvalue weighted by molar-refractivity contribution is -0.140. The second-order valence-corrected chi connectivity index (χ2v) is 8.76. The Balaban J connectivity index is 0. The van der Waals surface area contributed by atoms with Gasteiger partial charge in [0.1, 0.15) is 0 Å². The maximum Gasteiger partial charge on any atom is 0.305 e. The molecule has 0 rings (SSSR count). The first kappa shape index (κ1) is 32.1. The molecule has 0 aliphatic carbocycles. The standard InChI is InChI=1S/C19H36O2.C10H20/c1-3-4-5-6-7-8-9-10-11-12-13-14-15-16-17-18-19(20)21-2;1-3-5-7-9-10-8-6-4-2/h10-11H,3-9,12-18H2,1-2H3;3H,1,4-10H2,2H3/b11-10-;. The second-order valence-electron chi connectivity index (χ2n) is 8.76. The minimum atomic E-state index is -0.0763. The van der Waals surface area contributed by atoms with Crippen LogP contribution in [0.3, 0.4) is 0 Å². The number of hydrogen-bond donors (Lipinski definition) is 0. The minimum absolute atomic E-state index is 0.0763. The highest BCUT2D eigenvalue weighted by atomic mass is 16.5. The molecule has 0 heterocycles. The SMILES string of the molecule is C=CCCCCCCCC.CCCCCCCC/C=C\CCCCCCCC(=O)OC. The number of hydrogen-bond acceptors (Lipinski definition) is 2. The molecule has 0 spiro atoms. The van der Waals surface area contributed by atoms with Crippen LogP contribution < -0.4 is 0 Å². The van der Waals surface area contributed by atoms with Crippen molar-refractivity contribution in [1.82, 2.24) is 0 Å². The van der Waals surface area contributed by atoms with E-state index in [2.05, 4.69) is 37.3 Å². The predicted octanol–water partition coefficient (Wildman–Crippen LogP) is 10.1.